The summed E-state index contributed by atoms with van der Waals surface area (Å²) in [6.45, 7) is 4.12. The SMILES string of the molecule is Cc1cc(OCc2nnc(SCC(=O)N3c4ccccc4CC3C)o2)ccc1Cl. The number of carbonyl (C=O) groups is 1. The van der Waals surface area contributed by atoms with Gasteiger partial charge in [0.1, 0.15) is 5.75 Å². The maximum atomic E-state index is 12.7. The second-order valence-corrected chi connectivity index (χ2v) is 8.23. The highest BCUT2D eigenvalue weighted by Crippen LogP contribution is 2.32. The Hall–Kier alpha value is -2.51. The van der Waals surface area contributed by atoms with Gasteiger partial charge < -0.3 is 14.1 Å². The lowest BCUT2D eigenvalue weighted by molar-refractivity contribution is -0.116. The third-order valence-corrected chi connectivity index (χ3v) is 5.96. The summed E-state index contributed by atoms with van der Waals surface area (Å²) in [5.74, 6) is 1.29. The van der Waals surface area contributed by atoms with E-state index in [9.17, 15) is 4.79 Å². The van der Waals surface area contributed by atoms with Gasteiger partial charge in [0.25, 0.3) is 11.1 Å². The highest BCUT2D eigenvalue weighted by Gasteiger charge is 2.30. The predicted molar refractivity (Wildman–Crippen MR) is 113 cm³/mol. The average Bonchev–Trinajstić information content (AvgIpc) is 3.30. The number of amides is 1. The number of fused-ring (bicyclic) bond motifs is 1. The molecule has 3 aromatic rings. The van der Waals surface area contributed by atoms with Crippen LogP contribution in [0.15, 0.2) is 52.1 Å². The summed E-state index contributed by atoms with van der Waals surface area (Å²) in [5.41, 5.74) is 3.12. The first-order chi connectivity index (χ1) is 14.0. The first-order valence-corrected chi connectivity index (χ1v) is 10.6. The van der Waals surface area contributed by atoms with Gasteiger partial charge >= 0.3 is 0 Å². The number of hydrogen-bond donors (Lipinski definition) is 0. The molecule has 1 unspecified atom stereocenters. The molecule has 0 spiro atoms. The molecule has 1 aliphatic heterocycles. The van der Waals surface area contributed by atoms with Gasteiger partial charge in [-0.05, 0) is 55.7 Å². The molecule has 2 heterocycles. The Balaban J connectivity index is 1.32. The van der Waals surface area contributed by atoms with Crippen molar-refractivity contribution in [3.8, 4) is 5.75 Å². The third-order valence-electron chi connectivity index (χ3n) is 4.74. The summed E-state index contributed by atoms with van der Waals surface area (Å²) in [7, 11) is 0. The summed E-state index contributed by atoms with van der Waals surface area (Å²) >= 11 is 7.25. The van der Waals surface area contributed by atoms with E-state index in [1.807, 2.05) is 36.1 Å². The minimum Gasteiger partial charge on any atom is -0.484 e. The molecule has 0 aliphatic carbocycles. The number of anilines is 1. The Kier molecular flexibility index (Phi) is 5.78. The highest BCUT2D eigenvalue weighted by molar-refractivity contribution is 7.99. The van der Waals surface area contributed by atoms with Gasteiger partial charge in [-0.15, -0.1) is 10.2 Å². The average molecular weight is 430 g/mol. The van der Waals surface area contributed by atoms with Crippen LogP contribution < -0.4 is 9.64 Å². The number of rotatable bonds is 6. The molecule has 0 saturated heterocycles. The van der Waals surface area contributed by atoms with Crippen molar-refractivity contribution in [1.29, 1.82) is 0 Å². The minimum absolute atomic E-state index is 0.0279. The van der Waals surface area contributed by atoms with E-state index in [-0.39, 0.29) is 24.3 Å². The van der Waals surface area contributed by atoms with Gasteiger partial charge in [-0.3, -0.25) is 4.79 Å². The number of para-hydroxylation sites is 1. The molecule has 0 bridgehead atoms. The van der Waals surface area contributed by atoms with Crippen molar-refractivity contribution in [2.45, 2.75) is 38.1 Å². The van der Waals surface area contributed by atoms with Crippen LogP contribution >= 0.6 is 23.4 Å². The van der Waals surface area contributed by atoms with Gasteiger partial charge in [0, 0.05) is 16.8 Å². The summed E-state index contributed by atoms with van der Waals surface area (Å²) in [4.78, 5) is 14.6. The molecule has 0 N–H and O–H groups in total. The van der Waals surface area contributed by atoms with Crippen molar-refractivity contribution < 1.29 is 13.9 Å². The molecular formula is C21H20ClN3O3S. The van der Waals surface area contributed by atoms with Gasteiger partial charge in [-0.1, -0.05) is 41.6 Å². The number of ether oxygens (including phenoxy) is 1. The molecule has 2 aromatic carbocycles. The van der Waals surface area contributed by atoms with Gasteiger partial charge in [-0.25, -0.2) is 0 Å². The predicted octanol–water partition coefficient (Wildman–Crippen LogP) is 4.68. The van der Waals surface area contributed by atoms with E-state index < -0.39 is 0 Å². The standard InChI is InChI=1S/C21H20ClN3O3S/c1-13-9-16(7-8-17(13)22)27-11-19-23-24-21(28-19)29-12-20(26)25-14(2)10-15-5-3-4-6-18(15)25/h3-9,14H,10-12H2,1-2H3. The van der Waals surface area contributed by atoms with Crippen molar-refractivity contribution in [2.75, 3.05) is 10.7 Å². The molecule has 4 rings (SSSR count). The largest absolute Gasteiger partial charge is 0.484 e. The molecule has 150 valence electrons. The van der Waals surface area contributed by atoms with Crippen LogP contribution in [0.4, 0.5) is 5.69 Å². The van der Waals surface area contributed by atoms with Crippen LogP contribution in [0.3, 0.4) is 0 Å². The van der Waals surface area contributed by atoms with Crippen molar-refractivity contribution in [3.05, 3.63) is 64.5 Å². The van der Waals surface area contributed by atoms with Crippen LogP contribution in [0.5, 0.6) is 5.75 Å². The van der Waals surface area contributed by atoms with Crippen molar-refractivity contribution in [1.82, 2.24) is 10.2 Å². The number of halogens is 1. The number of aromatic nitrogens is 2. The van der Waals surface area contributed by atoms with Gasteiger partial charge in [0.05, 0.1) is 5.75 Å². The van der Waals surface area contributed by atoms with Crippen molar-refractivity contribution in [2.24, 2.45) is 0 Å². The number of thioether (sulfide) groups is 1. The van der Waals surface area contributed by atoms with Gasteiger partial charge in [0.2, 0.25) is 5.91 Å². The van der Waals surface area contributed by atoms with Crippen LogP contribution in [0.25, 0.3) is 0 Å². The first kappa shape index (κ1) is 19.8. The molecule has 8 heteroatoms. The van der Waals surface area contributed by atoms with E-state index in [0.717, 1.165) is 17.7 Å². The zero-order valence-corrected chi connectivity index (χ0v) is 17.7. The maximum Gasteiger partial charge on any atom is 0.277 e. The minimum atomic E-state index is 0.0279. The number of aryl methyl sites for hydroxylation is 1. The lowest BCUT2D eigenvalue weighted by Crippen LogP contribution is -2.36. The van der Waals surface area contributed by atoms with Crippen LogP contribution in [-0.4, -0.2) is 27.9 Å². The molecule has 1 amide bonds. The molecule has 0 radical (unpaired) electrons. The quantitative estimate of drug-likeness (QED) is 0.530. The second-order valence-electron chi connectivity index (χ2n) is 6.90. The Morgan fingerprint density at radius 2 is 2.14 bits per heavy atom. The molecule has 0 fully saturated rings. The molecular weight excluding hydrogens is 410 g/mol. The Morgan fingerprint density at radius 1 is 1.31 bits per heavy atom. The zero-order valence-electron chi connectivity index (χ0n) is 16.1. The van der Waals surface area contributed by atoms with Gasteiger partial charge in [0.15, 0.2) is 6.61 Å². The number of hydrogen-bond acceptors (Lipinski definition) is 6. The van der Waals surface area contributed by atoms with Crippen LogP contribution in [0, 0.1) is 6.92 Å². The summed E-state index contributed by atoms with van der Waals surface area (Å²) in [6.07, 6.45) is 0.874. The number of benzene rings is 2. The van der Waals surface area contributed by atoms with E-state index in [0.29, 0.717) is 21.9 Å². The molecule has 29 heavy (non-hydrogen) atoms. The first-order valence-electron chi connectivity index (χ1n) is 9.25. The van der Waals surface area contributed by atoms with Crippen molar-refractivity contribution in [3.63, 3.8) is 0 Å². The summed E-state index contributed by atoms with van der Waals surface area (Å²) in [6, 6.07) is 13.6. The third kappa shape index (κ3) is 4.41. The molecule has 1 aliphatic rings. The lowest BCUT2D eigenvalue weighted by atomic mass is 10.1. The number of nitrogens with zero attached hydrogens (tertiary/aromatic N) is 3. The Bertz CT molecular complexity index is 1040. The molecule has 1 atom stereocenters. The van der Waals surface area contributed by atoms with E-state index in [4.69, 9.17) is 20.8 Å². The van der Waals surface area contributed by atoms with Gasteiger partial charge in [-0.2, -0.15) is 0 Å². The summed E-state index contributed by atoms with van der Waals surface area (Å²) < 4.78 is 11.2. The van der Waals surface area contributed by atoms with Crippen molar-refractivity contribution >= 4 is 35.0 Å². The lowest BCUT2D eigenvalue weighted by Gasteiger charge is -2.22. The second kappa shape index (κ2) is 8.47. The smallest absolute Gasteiger partial charge is 0.277 e. The monoisotopic (exact) mass is 429 g/mol. The van der Waals surface area contributed by atoms with Crippen LogP contribution in [-0.2, 0) is 17.8 Å². The molecule has 1 aromatic heterocycles. The van der Waals surface area contributed by atoms with E-state index in [1.54, 1.807) is 12.1 Å². The Labute approximate surface area is 178 Å². The fourth-order valence-electron chi connectivity index (χ4n) is 3.35. The topological polar surface area (TPSA) is 68.5 Å². The fourth-order valence-corrected chi connectivity index (χ4v) is 4.10. The zero-order chi connectivity index (χ0) is 20.4. The molecule has 6 nitrogen and oxygen atoms in total. The van der Waals surface area contributed by atoms with Crippen LogP contribution in [0.2, 0.25) is 5.02 Å². The summed E-state index contributed by atoms with van der Waals surface area (Å²) in [5, 5.41) is 9.02. The van der Waals surface area contributed by atoms with E-state index in [2.05, 4.69) is 23.2 Å². The number of carbonyl (C=O) groups excluding carboxylic acids is 1. The van der Waals surface area contributed by atoms with E-state index in [1.165, 1.54) is 17.3 Å². The maximum absolute atomic E-state index is 12.7. The highest BCUT2D eigenvalue weighted by atomic mass is 35.5. The van der Waals surface area contributed by atoms with E-state index >= 15 is 0 Å². The molecule has 0 saturated carbocycles. The van der Waals surface area contributed by atoms with Crippen LogP contribution in [0.1, 0.15) is 23.9 Å². The fraction of sp³-hybridized carbons (Fsp3) is 0.286. The Morgan fingerprint density at radius 3 is 2.97 bits per heavy atom. The normalized spacial score (nSPS) is 15.4.